The van der Waals surface area contributed by atoms with E-state index in [2.05, 4.69) is 55.6 Å². The molecule has 0 heterocycles. The highest BCUT2D eigenvalue weighted by Gasteiger charge is 2.18. The van der Waals surface area contributed by atoms with Crippen molar-refractivity contribution in [2.24, 2.45) is 0 Å². The minimum Gasteiger partial charge on any atom is -0.466 e. The number of nitrogens with one attached hydrogen (secondary N) is 1. The van der Waals surface area contributed by atoms with E-state index in [4.69, 9.17) is 4.74 Å². The summed E-state index contributed by atoms with van der Waals surface area (Å²) in [7, 11) is 0. The number of unbranched alkanes of at least 4 members (excludes halogenated alkanes) is 51. The number of hydrogen-bond acceptors (Lipinski definition) is 5. The van der Waals surface area contributed by atoms with Gasteiger partial charge in [0.05, 0.1) is 25.4 Å². The number of aliphatic hydroxyl groups is 2. The lowest BCUT2D eigenvalue weighted by Gasteiger charge is -2.20. The third-order valence-electron chi connectivity index (χ3n) is 16.8. The van der Waals surface area contributed by atoms with E-state index in [1.807, 2.05) is 6.08 Å². The zero-order valence-corrected chi connectivity index (χ0v) is 54.5. The van der Waals surface area contributed by atoms with Crippen molar-refractivity contribution in [3.05, 3.63) is 48.6 Å². The van der Waals surface area contributed by atoms with Crippen LogP contribution in [0.25, 0.3) is 0 Å². The molecule has 1 amide bonds. The van der Waals surface area contributed by atoms with Gasteiger partial charge in [-0.2, -0.15) is 0 Å². The Morgan fingerprint density at radius 3 is 0.963 bits per heavy atom. The fourth-order valence-electron chi connectivity index (χ4n) is 11.3. The second kappa shape index (κ2) is 70.3. The monoisotopic (exact) mass is 1140 g/mol. The van der Waals surface area contributed by atoms with Gasteiger partial charge in [0, 0.05) is 12.8 Å². The molecule has 0 saturated carbocycles. The Kier molecular flexibility index (Phi) is 68.4. The number of hydrogen-bond donors (Lipinski definition) is 3. The first-order valence-corrected chi connectivity index (χ1v) is 36.4. The first kappa shape index (κ1) is 78.8. The molecule has 0 bridgehead atoms. The number of amides is 1. The van der Waals surface area contributed by atoms with Crippen molar-refractivity contribution >= 4 is 11.9 Å². The van der Waals surface area contributed by atoms with Crippen LogP contribution in [0.3, 0.4) is 0 Å². The molecule has 0 aromatic heterocycles. The summed E-state index contributed by atoms with van der Waals surface area (Å²) in [5, 5.41) is 23.1. The van der Waals surface area contributed by atoms with Crippen LogP contribution in [0, 0.1) is 0 Å². The van der Waals surface area contributed by atoms with Crippen LogP contribution in [0.15, 0.2) is 48.6 Å². The fourth-order valence-corrected chi connectivity index (χ4v) is 11.3. The van der Waals surface area contributed by atoms with Crippen molar-refractivity contribution in [1.29, 1.82) is 0 Å². The molecule has 2 unspecified atom stereocenters. The van der Waals surface area contributed by atoms with Gasteiger partial charge < -0.3 is 20.3 Å². The highest BCUT2D eigenvalue weighted by atomic mass is 16.5. The Labute approximate surface area is 506 Å². The van der Waals surface area contributed by atoms with E-state index in [0.717, 1.165) is 51.4 Å². The molecular formula is C75H141NO5. The van der Waals surface area contributed by atoms with Gasteiger partial charge in [-0.1, -0.05) is 339 Å². The summed E-state index contributed by atoms with van der Waals surface area (Å²) in [6.07, 6.45) is 92.2. The Morgan fingerprint density at radius 1 is 0.346 bits per heavy atom. The van der Waals surface area contributed by atoms with Crippen molar-refractivity contribution in [3.8, 4) is 0 Å². The quantitative estimate of drug-likeness (QED) is 0.0320. The number of rotatable bonds is 68. The molecule has 2 atom stereocenters. The number of ether oxygens (including phenoxy) is 1. The predicted molar refractivity (Wildman–Crippen MR) is 356 cm³/mol. The Balaban J connectivity index is 3.33. The van der Waals surface area contributed by atoms with Gasteiger partial charge in [-0.3, -0.25) is 9.59 Å². The number of carbonyl (C=O) groups excluding carboxylic acids is 2. The van der Waals surface area contributed by atoms with Crippen molar-refractivity contribution in [2.45, 2.75) is 405 Å². The number of carbonyl (C=O) groups is 2. The summed E-state index contributed by atoms with van der Waals surface area (Å²) in [5.74, 6) is -0.0563. The molecule has 6 heteroatoms. The molecule has 0 aliphatic carbocycles. The molecule has 0 saturated heterocycles. The van der Waals surface area contributed by atoms with Crippen molar-refractivity contribution < 1.29 is 24.5 Å². The topological polar surface area (TPSA) is 95.9 Å². The lowest BCUT2D eigenvalue weighted by molar-refractivity contribution is -0.143. The van der Waals surface area contributed by atoms with Gasteiger partial charge in [0.2, 0.25) is 5.91 Å². The Morgan fingerprint density at radius 2 is 0.617 bits per heavy atom. The normalized spacial score (nSPS) is 12.8. The average molecular weight is 1140 g/mol. The molecule has 0 aromatic rings. The van der Waals surface area contributed by atoms with Gasteiger partial charge in [-0.25, -0.2) is 0 Å². The van der Waals surface area contributed by atoms with Crippen LogP contribution in [-0.2, 0) is 14.3 Å². The predicted octanol–water partition coefficient (Wildman–Crippen LogP) is 23.6. The Hall–Kier alpha value is -2.18. The van der Waals surface area contributed by atoms with E-state index in [9.17, 15) is 19.8 Å². The van der Waals surface area contributed by atoms with E-state index in [1.54, 1.807) is 6.08 Å². The summed E-state index contributed by atoms with van der Waals surface area (Å²) >= 11 is 0. The molecule has 6 nitrogen and oxygen atoms in total. The van der Waals surface area contributed by atoms with Crippen LogP contribution < -0.4 is 5.32 Å². The summed E-state index contributed by atoms with van der Waals surface area (Å²) in [4.78, 5) is 24.5. The molecule has 476 valence electrons. The van der Waals surface area contributed by atoms with Crippen molar-refractivity contribution in [3.63, 3.8) is 0 Å². The van der Waals surface area contributed by atoms with Gasteiger partial charge in [0.1, 0.15) is 0 Å². The first-order chi connectivity index (χ1) is 40.0. The Bertz CT molecular complexity index is 1360. The largest absolute Gasteiger partial charge is 0.466 e. The summed E-state index contributed by atoms with van der Waals surface area (Å²) in [6.45, 7) is 4.89. The zero-order valence-electron chi connectivity index (χ0n) is 54.5. The standard InChI is InChI=1S/C75H141NO5/c1-3-5-7-9-11-13-15-16-17-42-45-49-53-57-61-65-69-75(80)81-70-66-62-58-54-50-46-43-40-38-36-34-32-30-28-26-24-22-20-18-19-21-23-25-27-29-31-33-35-37-39-41-44-48-52-56-60-64-68-74(79)76-72(71-77)73(78)67-63-59-55-51-47-14-12-10-8-6-4-2/h13,15,17-18,20,42,63,67,72-73,77-78H,3-12,14,16,19,21-41,43-62,64-66,68-71H2,1-2H3,(H,76,79)/b15-13-,20-18-,42-17-,67-63+. The molecule has 0 radical (unpaired) electrons. The van der Waals surface area contributed by atoms with Crippen molar-refractivity contribution in [2.75, 3.05) is 13.2 Å². The molecule has 3 N–H and O–H groups in total. The van der Waals surface area contributed by atoms with E-state index in [-0.39, 0.29) is 18.5 Å². The van der Waals surface area contributed by atoms with Gasteiger partial charge >= 0.3 is 5.97 Å². The van der Waals surface area contributed by atoms with Crippen LogP contribution in [-0.4, -0.2) is 47.4 Å². The average Bonchev–Trinajstić information content (AvgIpc) is 3.47. The molecule has 0 fully saturated rings. The lowest BCUT2D eigenvalue weighted by Crippen LogP contribution is -2.45. The van der Waals surface area contributed by atoms with Crippen LogP contribution in [0.4, 0.5) is 0 Å². The molecule has 0 spiro atoms. The zero-order chi connectivity index (χ0) is 58.5. The highest BCUT2D eigenvalue weighted by molar-refractivity contribution is 5.76. The van der Waals surface area contributed by atoms with Gasteiger partial charge in [-0.15, -0.1) is 0 Å². The van der Waals surface area contributed by atoms with E-state index >= 15 is 0 Å². The molecular weight excluding hydrogens is 995 g/mol. The van der Waals surface area contributed by atoms with E-state index in [0.29, 0.717) is 19.4 Å². The highest BCUT2D eigenvalue weighted by Crippen LogP contribution is 2.18. The third-order valence-corrected chi connectivity index (χ3v) is 16.8. The second-order valence-electron chi connectivity index (χ2n) is 24.9. The van der Waals surface area contributed by atoms with Gasteiger partial charge in [0.15, 0.2) is 0 Å². The summed E-state index contributed by atoms with van der Waals surface area (Å²) in [6, 6.07) is -0.624. The maximum Gasteiger partial charge on any atom is 0.305 e. The summed E-state index contributed by atoms with van der Waals surface area (Å²) < 4.78 is 5.49. The maximum absolute atomic E-state index is 12.4. The first-order valence-electron chi connectivity index (χ1n) is 36.4. The van der Waals surface area contributed by atoms with Gasteiger partial charge in [-0.05, 0) is 89.9 Å². The molecule has 0 aliphatic rings. The van der Waals surface area contributed by atoms with Gasteiger partial charge in [0.25, 0.3) is 0 Å². The molecule has 0 rings (SSSR count). The van der Waals surface area contributed by atoms with E-state index < -0.39 is 12.1 Å². The third kappa shape index (κ3) is 66.8. The molecule has 81 heavy (non-hydrogen) atoms. The van der Waals surface area contributed by atoms with Crippen LogP contribution in [0.5, 0.6) is 0 Å². The van der Waals surface area contributed by atoms with Crippen LogP contribution in [0.1, 0.15) is 393 Å². The second-order valence-corrected chi connectivity index (χ2v) is 24.9. The molecule has 0 aliphatic heterocycles. The SMILES string of the molecule is CCCCCC/C=C\C/C=C\CCCCCCCC(=O)OCCCCCCCCCCCCCCCCCC/C=C\CCCCCCCCCCCCCCCCCCCC(=O)NC(CO)C(O)/C=C/CCCCCCCCCCC. The molecule has 0 aromatic carbocycles. The fraction of sp³-hybridized carbons (Fsp3) is 0.867. The number of esters is 1. The minimum atomic E-state index is -0.840. The number of aliphatic hydroxyl groups excluding tert-OH is 2. The van der Waals surface area contributed by atoms with E-state index in [1.165, 1.54) is 315 Å². The van der Waals surface area contributed by atoms with Crippen LogP contribution >= 0.6 is 0 Å². The summed E-state index contributed by atoms with van der Waals surface area (Å²) in [5.41, 5.74) is 0. The van der Waals surface area contributed by atoms with Crippen molar-refractivity contribution in [1.82, 2.24) is 5.32 Å². The maximum atomic E-state index is 12.4. The smallest absolute Gasteiger partial charge is 0.305 e. The minimum absolute atomic E-state index is 0.00779. The lowest BCUT2D eigenvalue weighted by atomic mass is 10.0. The van der Waals surface area contributed by atoms with Crippen LogP contribution in [0.2, 0.25) is 0 Å². The number of allylic oxidation sites excluding steroid dienone is 7.